The number of nitrogens with zero attached hydrogens (tertiary/aromatic N) is 12. The van der Waals surface area contributed by atoms with Crippen LogP contribution in [0, 0.1) is 12.8 Å². The summed E-state index contributed by atoms with van der Waals surface area (Å²) in [5.41, 5.74) is 12.3. The van der Waals surface area contributed by atoms with E-state index < -0.39 is 6.61 Å². The topological polar surface area (TPSA) is 287 Å². The van der Waals surface area contributed by atoms with Crippen molar-refractivity contribution < 1.29 is 57.3 Å². The Bertz CT molecular complexity index is 4090. The highest BCUT2D eigenvalue weighted by atomic mass is 19.3. The molecule has 24 nitrogen and oxygen atoms in total. The number of anilines is 2. The minimum Gasteiger partial charge on any atom is -0.474 e. The van der Waals surface area contributed by atoms with E-state index in [1.54, 1.807) is 33.5 Å². The van der Waals surface area contributed by atoms with Gasteiger partial charge in [-0.2, -0.15) is 8.78 Å². The summed E-state index contributed by atoms with van der Waals surface area (Å²) in [6.45, 7) is 4.05. The number of ether oxygens (including phenoxy) is 5. The van der Waals surface area contributed by atoms with Gasteiger partial charge in [-0.1, -0.05) is 11.1 Å². The first-order valence-electron chi connectivity index (χ1n) is 36.8. The van der Waals surface area contributed by atoms with Crippen molar-refractivity contribution in [1.29, 1.82) is 0 Å². The van der Waals surface area contributed by atoms with Crippen LogP contribution in [0.2, 0.25) is 0 Å². The Morgan fingerprint density at radius 3 is 1.60 bits per heavy atom. The number of pyridine rings is 3. The van der Waals surface area contributed by atoms with E-state index in [0.29, 0.717) is 65.9 Å². The van der Waals surface area contributed by atoms with E-state index in [-0.39, 0.29) is 73.5 Å². The Kier molecular flexibility index (Phi) is 25.1. The van der Waals surface area contributed by atoms with Crippen LogP contribution >= 0.6 is 0 Å². The number of aliphatic hydroxyl groups is 3. The molecule has 6 N–H and O–H groups in total. The van der Waals surface area contributed by atoms with Crippen molar-refractivity contribution in [2.24, 2.45) is 16.0 Å². The van der Waals surface area contributed by atoms with Crippen molar-refractivity contribution in [3.63, 3.8) is 0 Å². The van der Waals surface area contributed by atoms with Gasteiger partial charge in [0.1, 0.15) is 17.9 Å². The maximum absolute atomic E-state index is 12.4. The van der Waals surface area contributed by atoms with Crippen LogP contribution in [0.3, 0.4) is 0 Å². The summed E-state index contributed by atoms with van der Waals surface area (Å²) in [4.78, 5) is 39.2. The molecule has 1 amide bonds. The van der Waals surface area contributed by atoms with Gasteiger partial charge in [-0.25, -0.2) is 38.9 Å². The second-order valence-corrected chi connectivity index (χ2v) is 28.4. The van der Waals surface area contributed by atoms with E-state index >= 15 is 0 Å². The molecule has 0 saturated heterocycles. The van der Waals surface area contributed by atoms with Gasteiger partial charge >= 0.3 is 6.61 Å². The molecule has 1 unspecified atom stereocenters. The number of hydrogen-bond donors (Lipinski definition) is 6. The molecular formula is C76H100F2N15O9+. The van der Waals surface area contributed by atoms with Gasteiger partial charge in [-0.15, -0.1) is 10.2 Å². The smallest absolute Gasteiger partial charge is 0.345 e. The van der Waals surface area contributed by atoms with Gasteiger partial charge in [0.05, 0.1) is 73.3 Å². The van der Waals surface area contributed by atoms with Crippen LogP contribution in [0.5, 0.6) is 11.8 Å². The molecule has 7 aromatic heterocycles. The fourth-order valence-corrected chi connectivity index (χ4v) is 15.4. The average molecular weight is 1410 g/mol. The van der Waals surface area contributed by atoms with Gasteiger partial charge in [-0.3, -0.25) is 4.79 Å². The Balaban J connectivity index is 0.000000145. The highest BCUT2D eigenvalue weighted by Gasteiger charge is 2.43. The number of methoxy groups -OCH3 is 2. The number of fused-ring (bicyclic) bond motifs is 3. The van der Waals surface area contributed by atoms with Crippen LogP contribution in [0.4, 0.5) is 20.7 Å². The molecular weight excluding hydrogens is 1300 g/mol. The second kappa shape index (κ2) is 34.8. The maximum Gasteiger partial charge on any atom is 0.345 e. The number of aliphatic imine (C=N–C) groups is 1. The number of carbonyl (C=O) groups excluding carboxylic acids is 1. The number of aryl methyl sites for hydroxylation is 1. The van der Waals surface area contributed by atoms with Crippen molar-refractivity contribution in [3.05, 3.63) is 113 Å². The molecule has 0 bridgehead atoms. The summed E-state index contributed by atoms with van der Waals surface area (Å²) in [6.07, 6.45) is 32.3. The molecule has 0 aromatic carbocycles. The monoisotopic (exact) mass is 1400 g/mol. The standard InChI is InChI=1S/C27H37N5O3.C26H35N5O3.C23H27F2N5O3/c1-18(17-34-2)30-27-29-16-25-23(15-24(32(25)31-27)19-8-10-21(33)11-9-19)20-12-13-28-26(14-20)35-22-6-4-3-5-7-22;1-17(16-33-2)29-26-28-15-24-22(14-23(31(24)30-26)18-7-9-20(32)10-8-18)19-11-12-27-25(13-19)34-21-5-3-4-6-21;1-13-9-15(10-18(28-13)22(32)26-2)19-11-17(14-3-5-16(31)6-4-14)20-12-27-21(29-30(19)20)7-8-33-23(24)25/h12-16,18-19,21-22,33H,3-11,17H2,1-2H3,(H,30,31);11-15,17-18,20-21,32H,3-10,16H2,1-2H3,(H,29,30);9-12,14,16,20,23,31H,3-8H2,1-2H3/p+1/t18-,19?,21?;17-,18?,20?;/m00./s1. The number of aliphatic hydroxyl groups excluding tert-OH is 3. The van der Waals surface area contributed by atoms with Gasteiger partial charge in [0.15, 0.2) is 5.84 Å². The molecule has 5 aliphatic carbocycles. The van der Waals surface area contributed by atoms with E-state index in [1.165, 1.54) is 37.8 Å². The van der Waals surface area contributed by atoms with Crippen LogP contribution < -0.4 is 25.4 Å². The van der Waals surface area contributed by atoms with Crippen molar-refractivity contribution in [1.82, 2.24) is 49.5 Å². The fraction of sp³-hybridized carbons (Fsp3) is 0.566. The first-order valence-corrected chi connectivity index (χ1v) is 36.8. The Morgan fingerprint density at radius 2 is 1.12 bits per heavy atom. The van der Waals surface area contributed by atoms with Crippen molar-refractivity contribution in [2.45, 2.75) is 229 Å². The molecule has 26 heteroatoms. The average Bonchev–Trinajstić information content (AvgIpc) is 1.63. The number of halogens is 2. The minimum absolute atomic E-state index is 0.0976. The molecule has 7 aliphatic rings. The quantitative estimate of drug-likeness (QED) is 0.0325. The summed E-state index contributed by atoms with van der Waals surface area (Å²) in [5, 5.41) is 53.7. The molecule has 3 atom stereocenters. The molecule has 9 heterocycles. The van der Waals surface area contributed by atoms with Crippen molar-refractivity contribution in [2.75, 3.05) is 51.7 Å². The van der Waals surface area contributed by atoms with Gasteiger partial charge in [0, 0.05) is 121 Å². The molecule has 5 fully saturated rings. The molecule has 14 rings (SSSR count). The lowest BCUT2D eigenvalue weighted by molar-refractivity contribution is -0.541. The third-order valence-electron chi connectivity index (χ3n) is 20.6. The van der Waals surface area contributed by atoms with E-state index in [0.717, 1.165) is 159 Å². The van der Waals surface area contributed by atoms with E-state index in [4.69, 9.17) is 29.1 Å². The predicted octanol–water partition coefficient (Wildman–Crippen LogP) is 12.0. The first-order chi connectivity index (χ1) is 49.6. The molecule has 102 heavy (non-hydrogen) atoms. The molecule has 546 valence electrons. The second-order valence-electron chi connectivity index (χ2n) is 28.4. The minimum atomic E-state index is -2.84. The number of rotatable bonds is 23. The van der Waals surface area contributed by atoms with E-state index in [9.17, 15) is 28.9 Å². The summed E-state index contributed by atoms with van der Waals surface area (Å²) in [5.74, 6) is 3.61. The van der Waals surface area contributed by atoms with Crippen molar-refractivity contribution >= 4 is 46.6 Å². The van der Waals surface area contributed by atoms with E-state index in [1.807, 2.05) is 89.6 Å². The predicted molar refractivity (Wildman–Crippen MR) is 386 cm³/mol. The largest absolute Gasteiger partial charge is 0.474 e. The van der Waals surface area contributed by atoms with Gasteiger partial charge in [0.2, 0.25) is 35.4 Å². The number of allylic oxidation sites excluding steroid dienone is 1. The number of nitrogens with one attached hydrogen (secondary N) is 3. The van der Waals surface area contributed by atoms with Crippen LogP contribution in [-0.4, -0.2) is 184 Å². The Hall–Kier alpha value is -8.27. The number of hydrogen-bond acceptors (Lipinski definition) is 20. The number of hydrazone groups is 1. The third-order valence-corrected chi connectivity index (χ3v) is 20.6. The highest BCUT2D eigenvalue weighted by molar-refractivity contribution is 6.10. The zero-order valence-electron chi connectivity index (χ0n) is 59.6. The zero-order chi connectivity index (χ0) is 71.2. The SMILES string of the molecule is CNC(=O)c1cc(C2=[N+]3N=C(CCOC(F)F)N=CC3C(C3CCC(O)CC3)=C2)cc(C)n1.COC[C@H](C)Nc1ncc2c(-c3ccnc(OC4CCCC4)c3)cc(C3CCC(O)CC3)n2n1.COC[C@H](C)Nc1ncc2c(-c3ccnc(OC4CCCCC4)c3)cc(C3CCC(O)CC3)n2n1. The number of alkyl halides is 2. The summed E-state index contributed by atoms with van der Waals surface area (Å²) < 4.78 is 57.9. The molecule has 7 aromatic rings. The number of carbonyl (C=O) groups is 1. The van der Waals surface area contributed by atoms with Gasteiger partial charge in [-0.05, 0) is 203 Å². The number of amides is 1. The lowest BCUT2D eigenvalue weighted by atomic mass is 9.80. The summed E-state index contributed by atoms with van der Waals surface area (Å²) >= 11 is 0. The summed E-state index contributed by atoms with van der Waals surface area (Å²) in [7, 11) is 4.94. The zero-order valence-corrected chi connectivity index (χ0v) is 59.6. The number of aromatic nitrogens is 9. The maximum atomic E-state index is 12.4. The highest BCUT2D eigenvalue weighted by Crippen LogP contribution is 2.42. The Morgan fingerprint density at radius 1 is 0.627 bits per heavy atom. The van der Waals surface area contributed by atoms with Gasteiger partial charge in [0.25, 0.3) is 5.91 Å². The molecule has 5 saturated carbocycles. The fourth-order valence-electron chi connectivity index (χ4n) is 15.4. The number of amidine groups is 1. The lowest BCUT2D eigenvalue weighted by Gasteiger charge is -2.27. The van der Waals surface area contributed by atoms with Crippen LogP contribution in [-0.2, 0) is 14.2 Å². The van der Waals surface area contributed by atoms with Crippen LogP contribution in [0.15, 0.2) is 95.1 Å². The summed E-state index contributed by atoms with van der Waals surface area (Å²) in [6, 6.07) is 16.2. The molecule has 2 aliphatic heterocycles. The van der Waals surface area contributed by atoms with Crippen molar-refractivity contribution in [3.8, 4) is 34.0 Å². The lowest BCUT2D eigenvalue weighted by Crippen LogP contribution is -2.33. The van der Waals surface area contributed by atoms with Gasteiger partial charge < -0.3 is 55.0 Å². The molecule has 0 spiro atoms. The first kappa shape index (κ1) is 73.5. The molecule has 0 radical (unpaired) electrons. The van der Waals surface area contributed by atoms with E-state index in [2.05, 4.69) is 73.9 Å². The third kappa shape index (κ3) is 18.6. The van der Waals surface area contributed by atoms with Crippen LogP contribution in [0.25, 0.3) is 33.3 Å². The Labute approximate surface area is 594 Å². The normalized spacial score (nSPS) is 23.0. The van der Waals surface area contributed by atoms with Crippen LogP contribution in [0.1, 0.15) is 200 Å².